The maximum Gasteiger partial charge on any atom is 0.254 e. The summed E-state index contributed by atoms with van der Waals surface area (Å²) in [6.07, 6.45) is 3.88. The number of aryl methyl sites for hydroxylation is 2. The second-order valence-corrected chi connectivity index (χ2v) is 9.07. The number of hydrogen-bond donors (Lipinski definition) is 0. The van der Waals surface area contributed by atoms with E-state index >= 15 is 0 Å². The predicted octanol–water partition coefficient (Wildman–Crippen LogP) is 3.98. The van der Waals surface area contributed by atoms with Crippen molar-refractivity contribution >= 4 is 17.3 Å². The highest BCUT2D eigenvalue weighted by molar-refractivity contribution is 5.58. The van der Waals surface area contributed by atoms with E-state index in [0.717, 1.165) is 62.8 Å². The van der Waals surface area contributed by atoms with Crippen LogP contribution in [0, 0.1) is 12.7 Å². The number of piperazine rings is 1. The van der Waals surface area contributed by atoms with Gasteiger partial charge in [-0.25, -0.2) is 9.37 Å². The Morgan fingerprint density at radius 2 is 1.58 bits per heavy atom. The normalized spacial score (nSPS) is 15.9. The summed E-state index contributed by atoms with van der Waals surface area (Å²) in [5.74, 6) is 2.48. The fourth-order valence-corrected chi connectivity index (χ4v) is 5.02. The van der Waals surface area contributed by atoms with Crippen molar-refractivity contribution in [3.63, 3.8) is 0 Å². The number of rotatable bonds is 4. The fourth-order valence-electron chi connectivity index (χ4n) is 5.02. The molecule has 0 radical (unpaired) electrons. The summed E-state index contributed by atoms with van der Waals surface area (Å²) in [7, 11) is 0. The molecule has 0 unspecified atom stereocenters. The molecule has 0 saturated carbocycles. The monoisotopic (exact) mass is 442 g/mol. The molecule has 0 N–H and O–H groups in total. The predicted molar refractivity (Wildman–Crippen MR) is 128 cm³/mol. The number of benzene rings is 2. The lowest BCUT2D eigenvalue weighted by molar-refractivity contribution is 0.622. The summed E-state index contributed by atoms with van der Waals surface area (Å²) in [5.41, 5.74) is 6.03. The number of anilines is 2. The van der Waals surface area contributed by atoms with E-state index in [-0.39, 0.29) is 5.82 Å². The summed E-state index contributed by atoms with van der Waals surface area (Å²) in [6, 6.07) is 15.3. The van der Waals surface area contributed by atoms with Crippen molar-refractivity contribution in [2.75, 3.05) is 36.0 Å². The van der Waals surface area contributed by atoms with E-state index in [4.69, 9.17) is 15.1 Å². The Bertz CT molecular complexity index is 1290. The van der Waals surface area contributed by atoms with Gasteiger partial charge in [-0.1, -0.05) is 29.8 Å². The number of fused-ring (bicyclic) bond motifs is 2. The van der Waals surface area contributed by atoms with Gasteiger partial charge >= 0.3 is 0 Å². The average Bonchev–Trinajstić information content (AvgIpc) is 3.46. The van der Waals surface area contributed by atoms with E-state index in [0.29, 0.717) is 12.2 Å². The van der Waals surface area contributed by atoms with Crippen molar-refractivity contribution in [1.29, 1.82) is 0 Å². The van der Waals surface area contributed by atoms with Gasteiger partial charge in [0, 0.05) is 43.9 Å². The number of hydrogen-bond acceptors (Lipinski definition) is 5. The van der Waals surface area contributed by atoms with Crippen LogP contribution in [-0.4, -0.2) is 45.8 Å². The first kappa shape index (κ1) is 20.1. The molecule has 2 aliphatic rings. The summed E-state index contributed by atoms with van der Waals surface area (Å²) < 4.78 is 15.3. The maximum absolute atomic E-state index is 13.3. The van der Waals surface area contributed by atoms with E-state index in [9.17, 15) is 4.39 Å². The molecular weight excluding hydrogens is 415 g/mol. The highest BCUT2D eigenvalue weighted by atomic mass is 19.1. The summed E-state index contributed by atoms with van der Waals surface area (Å²) in [4.78, 5) is 14.4. The van der Waals surface area contributed by atoms with Crippen LogP contribution in [0.25, 0.3) is 5.78 Å². The molecule has 1 aliphatic carbocycles. The van der Waals surface area contributed by atoms with E-state index in [1.165, 1.54) is 34.5 Å². The number of nitrogens with zero attached hydrogens (tertiary/aromatic N) is 6. The van der Waals surface area contributed by atoms with Crippen LogP contribution < -0.4 is 9.80 Å². The zero-order valence-corrected chi connectivity index (χ0v) is 18.8. The first-order valence-corrected chi connectivity index (χ1v) is 11.7. The Morgan fingerprint density at radius 3 is 2.33 bits per heavy atom. The van der Waals surface area contributed by atoms with E-state index in [1.54, 1.807) is 0 Å². The number of aromatic nitrogens is 4. The molecule has 7 heteroatoms. The molecule has 1 fully saturated rings. The third-order valence-corrected chi connectivity index (χ3v) is 6.78. The van der Waals surface area contributed by atoms with Crippen LogP contribution in [0.2, 0.25) is 0 Å². The smallest absolute Gasteiger partial charge is 0.254 e. The molecule has 0 amide bonds. The molecule has 1 saturated heterocycles. The van der Waals surface area contributed by atoms with Gasteiger partial charge in [-0.3, -0.25) is 0 Å². The Hall–Kier alpha value is -3.48. The van der Waals surface area contributed by atoms with Gasteiger partial charge in [-0.15, -0.1) is 5.10 Å². The maximum atomic E-state index is 13.3. The molecule has 2 aromatic carbocycles. The van der Waals surface area contributed by atoms with Gasteiger partial charge in [0.2, 0.25) is 0 Å². The van der Waals surface area contributed by atoms with Crippen molar-refractivity contribution < 1.29 is 4.39 Å². The Labute approximate surface area is 192 Å². The summed E-state index contributed by atoms with van der Waals surface area (Å²) >= 11 is 0. The Balaban J connectivity index is 1.30. The van der Waals surface area contributed by atoms with Crippen LogP contribution in [0.3, 0.4) is 0 Å². The second-order valence-electron chi connectivity index (χ2n) is 9.07. The molecule has 168 valence electrons. The van der Waals surface area contributed by atoms with Crippen LogP contribution in [0.4, 0.5) is 15.9 Å². The van der Waals surface area contributed by atoms with Crippen molar-refractivity contribution in [2.24, 2.45) is 0 Å². The van der Waals surface area contributed by atoms with E-state index in [1.807, 2.05) is 16.6 Å². The quantitative estimate of drug-likeness (QED) is 0.479. The van der Waals surface area contributed by atoms with Gasteiger partial charge in [-0.05, 0) is 56.0 Å². The van der Waals surface area contributed by atoms with Gasteiger partial charge < -0.3 is 9.80 Å². The number of halogens is 1. The van der Waals surface area contributed by atoms with Crippen LogP contribution >= 0.6 is 0 Å². The third-order valence-electron chi connectivity index (χ3n) is 6.78. The minimum Gasteiger partial charge on any atom is -0.368 e. The SMILES string of the molecule is Cc1ccc(Cc2nc3nc4c(c(N5CCN(c6ccc(F)cc6)CC5)n3n2)CCC4)cc1. The van der Waals surface area contributed by atoms with E-state index in [2.05, 4.69) is 41.0 Å². The molecule has 6 rings (SSSR count). The third kappa shape index (κ3) is 3.81. The lowest BCUT2D eigenvalue weighted by atomic mass is 10.1. The molecule has 2 aromatic heterocycles. The summed E-state index contributed by atoms with van der Waals surface area (Å²) in [6.45, 7) is 5.64. The molecule has 3 heterocycles. The molecule has 4 aromatic rings. The minimum absolute atomic E-state index is 0.195. The van der Waals surface area contributed by atoms with Gasteiger partial charge in [0.05, 0.1) is 5.69 Å². The van der Waals surface area contributed by atoms with Crippen LogP contribution in [0.5, 0.6) is 0 Å². The molecule has 0 atom stereocenters. The zero-order chi connectivity index (χ0) is 22.4. The molecular formula is C26H27FN6. The first-order chi connectivity index (χ1) is 16.1. The highest BCUT2D eigenvalue weighted by Crippen LogP contribution is 2.32. The van der Waals surface area contributed by atoms with Gasteiger partial charge in [0.15, 0.2) is 5.82 Å². The van der Waals surface area contributed by atoms with Crippen molar-refractivity contribution in [2.45, 2.75) is 32.6 Å². The van der Waals surface area contributed by atoms with Gasteiger partial charge in [-0.2, -0.15) is 9.50 Å². The lowest BCUT2D eigenvalue weighted by Crippen LogP contribution is -2.47. The van der Waals surface area contributed by atoms with Crippen molar-refractivity contribution in [3.05, 3.63) is 82.6 Å². The van der Waals surface area contributed by atoms with Gasteiger partial charge in [0.1, 0.15) is 11.6 Å². The fraction of sp³-hybridized carbons (Fsp3) is 0.346. The average molecular weight is 443 g/mol. The van der Waals surface area contributed by atoms with E-state index < -0.39 is 0 Å². The van der Waals surface area contributed by atoms with Crippen molar-refractivity contribution in [3.8, 4) is 0 Å². The van der Waals surface area contributed by atoms with Gasteiger partial charge in [0.25, 0.3) is 5.78 Å². The molecule has 0 bridgehead atoms. The molecule has 6 nitrogen and oxygen atoms in total. The Kier molecular flexibility index (Phi) is 4.97. The first-order valence-electron chi connectivity index (χ1n) is 11.7. The molecule has 33 heavy (non-hydrogen) atoms. The summed E-state index contributed by atoms with van der Waals surface area (Å²) in [5, 5.41) is 4.92. The Morgan fingerprint density at radius 1 is 0.848 bits per heavy atom. The lowest BCUT2D eigenvalue weighted by Gasteiger charge is -2.37. The van der Waals surface area contributed by atoms with Crippen LogP contribution in [0.15, 0.2) is 48.5 Å². The second kappa shape index (κ2) is 8.14. The van der Waals surface area contributed by atoms with Crippen LogP contribution in [0.1, 0.15) is 34.6 Å². The zero-order valence-electron chi connectivity index (χ0n) is 18.8. The largest absolute Gasteiger partial charge is 0.368 e. The minimum atomic E-state index is -0.195. The molecule has 0 spiro atoms. The van der Waals surface area contributed by atoms with Crippen molar-refractivity contribution in [1.82, 2.24) is 19.6 Å². The standard InChI is InChI=1S/C26H27FN6/c1-18-5-7-19(8-6-18)17-24-29-26-28-23-4-2-3-22(23)25(33(26)30-24)32-15-13-31(14-16-32)21-11-9-20(27)10-12-21/h5-12H,2-4,13-17H2,1H3. The van der Waals surface area contributed by atoms with Crippen LogP contribution in [-0.2, 0) is 19.3 Å². The topological polar surface area (TPSA) is 49.6 Å². The highest BCUT2D eigenvalue weighted by Gasteiger charge is 2.28. The molecule has 1 aliphatic heterocycles.